The van der Waals surface area contributed by atoms with Crippen molar-refractivity contribution in [1.82, 2.24) is 9.97 Å². The smallest absolute Gasteiger partial charge is 0.275 e. The van der Waals surface area contributed by atoms with E-state index in [1.165, 1.54) is 12.4 Å². The van der Waals surface area contributed by atoms with Crippen LogP contribution >= 0.6 is 0 Å². The Morgan fingerprint density at radius 3 is 2.58 bits per heavy atom. The van der Waals surface area contributed by atoms with E-state index in [-0.39, 0.29) is 5.91 Å². The van der Waals surface area contributed by atoms with Crippen LogP contribution in [0.25, 0.3) is 0 Å². The van der Waals surface area contributed by atoms with Crippen LogP contribution in [-0.2, 0) is 0 Å². The average molecular weight is 256 g/mol. The summed E-state index contributed by atoms with van der Waals surface area (Å²) in [5.41, 5.74) is 3.27. The lowest BCUT2D eigenvalue weighted by molar-refractivity contribution is 0.102. The maximum absolute atomic E-state index is 12.0. The molecule has 0 aliphatic carbocycles. The fourth-order valence-corrected chi connectivity index (χ4v) is 1.65. The zero-order valence-electron chi connectivity index (χ0n) is 11.2. The third-order valence-electron chi connectivity index (χ3n) is 2.99. The van der Waals surface area contributed by atoms with Gasteiger partial charge in [0, 0.05) is 12.7 Å². The van der Waals surface area contributed by atoms with Crippen molar-refractivity contribution in [3.05, 3.63) is 47.4 Å². The van der Waals surface area contributed by atoms with E-state index in [1.54, 1.807) is 7.05 Å². The number of benzene rings is 1. The van der Waals surface area contributed by atoms with Crippen LogP contribution in [0.5, 0.6) is 0 Å². The van der Waals surface area contributed by atoms with Crippen LogP contribution in [0, 0.1) is 13.8 Å². The summed E-state index contributed by atoms with van der Waals surface area (Å²) in [5, 5.41) is 5.70. The molecule has 0 spiro atoms. The summed E-state index contributed by atoms with van der Waals surface area (Å²) >= 11 is 0. The number of hydrogen-bond donors (Lipinski definition) is 2. The predicted octanol–water partition coefficient (Wildman–Crippen LogP) is 2.39. The van der Waals surface area contributed by atoms with E-state index in [0.717, 1.165) is 16.8 Å². The molecule has 2 aromatic rings. The van der Waals surface area contributed by atoms with Crippen molar-refractivity contribution in [2.24, 2.45) is 0 Å². The highest BCUT2D eigenvalue weighted by Gasteiger charge is 2.10. The molecule has 1 aromatic carbocycles. The lowest BCUT2D eigenvalue weighted by Gasteiger charge is -2.09. The second kappa shape index (κ2) is 5.48. The first-order valence-electron chi connectivity index (χ1n) is 5.99. The Hall–Kier alpha value is -2.43. The first-order chi connectivity index (χ1) is 9.11. The largest absolute Gasteiger partial charge is 0.372 e. The Kier molecular flexibility index (Phi) is 3.75. The second-order valence-corrected chi connectivity index (χ2v) is 4.24. The third kappa shape index (κ3) is 2.88. The molecular weight excluding hydrogens is 240 g/mol. The van der Waals surface area contributed by atoms with E-state index in [9.17, 15) is 4.79 Å². The van der Waals surface area contributed by atoms with Gasteiger partial charge in [-0.2, -0.15) is 0 Å². The van der Waals surface area contributed by atoms with Gasteiger partial charge in [0.2, 0.25) is 0 Å². The maximum atomic E-state index is 12.0. The fourth-order valence-electron chi connectivity index (χ4n) is 1.65. The lowest BCUT2D eigenvalue weighted by atomic mass is 10.1. The summed E-state index contributed by atoms with van der Waals surface area (Å²) in [6, 6.07) is 5.79. The normalized spacial score (nSPS) is 10.1. The van der Waals surface area contributed by atoms with Gasteiger partial charge >= 0.3 is 0 Å². The van der Waals surface area contributed by atoms with E-state index in [0.29, 0.717) is 11.5 Å². The highest BCUT2D eigenvalue weighted by atomic mass is 16.1. The molecule has 2 N–H and O–H groups in total. The number of nitrogens with zero attached hydrogens (tertiary/aromatic N) is 2. The van der Waals surface area contributed by atoms with Crippen molar-refractivity contribution in [1.29, 1.82) is 0 Å². The van der Waals surface area contributed by atoms with Crippen molar-refractivity contribution < 1.29 is 4.79 Å². The molecule has 19 heavy (non-hydrogen) atoms. The molecule has 5 nitrogen and oxygen atoms in total. The quantitative estimate of drug-likeness (QED) is 0.884. The Morgan fingerprint density at radius 2 is 1.95 bits per heavy atom. The Labute approximate surface area is 112 Å². The topological polar surface area (TPSA) is 66.9 Å². The van der Waals surface area contributed by atoms with Gasteiger partial charge in [0.1, 0.15) is 11.5 Å². The van der Waals surface area contributed by atoms with Crippen LogP contribution in [-0.4, -0.2) is 22.9 Å². The minimum absolute atomic E-state index is 0.260. The van der Waals surface area contributed by atoms with Crippen LogP contribution in [0.3, 0.4) is 0 Å². The SMILES string of the molecule is CNc1cnc(C(=O)Nc2cccc(C)c2C)cn1. The van der Waals surface area contributed by atoms with Gasteiger partial charge in [0.25, 0.3) is 5.91 Å². The first kappa shape index (κ1) is 13.0. The van der Waals surface area contributed by atoms with Crippen LogP contribution in [0.1, 0.15) is 21.6 Å². The van der Waals surface area contributed by atoms with Gasteiger partial charge in [0.15, 0.2) is 0 Å². The number of rotatable bonds is 3. The molecule has 0 aliphatic heterocycles. The Balaban J connectivity index is 2.18. The number of aromatic nitrogens is 2. The van der Waals surface area contributed by atoms with E-state index in [1.807, 2.05) is 32.0 Å². The van der Waals surface area contributed by atoms with Crippen molar-refractivity contribution in [2.45, 2.75) is 13.8 Å². The van der Waals surface area contributed by atoms with Crippen molar-refractivity contribution >= 4 is 17.4 Å². The lowest BCUT2D eigenvalue weighted by Crippen LogP contribution is -2.15. The highest BCUT2D eigenvalue weighted by molar-refractivity contribution is 6.03. The van der Waals surface area contributed by atoms with Crippen molar-refractivity contribution in [3.8, 4) is 0 Å². The molecule has 0 saturated carbocycles. The standard InChI is InChI=1S/C14H16N4O/c1-9-5-4-6-11(10(9)2)18-14(19)12-7-17-13(15-3)8-16-12/h4-8H,1-3H3,(H,15,17)(H,18,19). The summed E-state index contributed by atoms with van der Waals surface area (Å²) in [7, 11) is 1.75. The second-order valence-electron chi connectivity index (χ2n) is 4.24. The number of amides is 1. The summed E-state index contributed by atoms with van der Waals surface area (Å²) < 4.78 is 0. The van der Waals surface area contributed by atoms with Crippen LogP contribution in [0.2, 0.25) is 0 Å². The van der Waals surface area contributed by atoms with Gasteiger partial charge in [-0.05, 0) is 31.0 Å². The van der Waals surface area contributed by atoms with Gasteiger partial charge < -0.3 is 10.6 Å². The molecule has 1 amide bonds. The predicted molar refractivity (Wildman–Crippen MR) is 75.4 cm³/mol. The molecular formula is C14H16N4O. The van der Waals surface area contributed by atoms with E-state index < -0.39 is 0 Å². The molecule has 1 heterocycles. The number of hydrogen-bond acceptors (Lipinski definition) is 4. The van der Waals surface area contributed by atoms with Gasteiger partial charge in [-0.1, -0.05) is 12.1 Å². The monoisotopic (exact) mass is 256 g/mol. The number of carbonyl (C=O) groups excluding carboxylic acids is 1. The molecule has 0 saturated heterocycles. The molecule has 0 aliphatic rings. The molecule has 0 fully saturated rings. The summed E-state index contributed by atoms with van der Waals surface area (Å²) in [4.78, 5) is 20.2. The minimum atomic E-state index is -0.260. The van der Waals surface area contributed by atoms with Gasteiger partial charge in [0.05, 0.1) is 12.4 Å². The molecule has 0 bridgehead atoms. The number of nitrogens with one attached hydrogen (secondary N) is 2. The number of anilines is 2. The third-order valence-corrected chi connectivity index (χ3v) is 2.99. The molecule has 5 heteroatoms. The zero-order valence-corrected chi connectivity index (χ0v) is 11.2. The fraction of sp³-hybridized carbons (Fsp3) is 0.214. The van der Waals surface area contributed by atoms with Crippen LogP contribution in [0.4, 0.5) is 11.5 Å². The summed E-state index contributed by atoms with van der Waals surface area (Å²) in [6.45, 7) is 3.98. The minimum Gasteiger partial charge on any atom is -0.372 e. The maximum Gasteiger partial charge on any atom is 0.275 e. The van der Waals surface area contributed by atoms with E-state index in [4.69, 9.17) is 0 Å². The number of carbonyl (C=O) groups is 1. The van der Waals surface area contributed by atoms with Crippen molar-refractivity contribution in [3.63, 3.8) is 0 Å². The molecule has 0 unspecified atom stereocenters. The van der Waals surface area contributed by atoms with Gasteiger partial charge in [-0.15, -0.1) is 0 Å². The molecule has 1 aromatic heterocycles. The van der Waals surface area contributed by atoms with Gasteiger partial charge in [-0.3, -0.25) is 4.79 Å². The van der Waals surface area contributed by atoms with E-state index in [2.05, 4.69) is 20.6 Å². The first-order valence-corrected chi connectivity index (χ1v) is 5.99. The zero-order chi connectivity index (χ0) is 13.8. The van der Waals surface area contributed by atoms with Crippen LogP contribution < -0.4 is 10.6 Å². The van der Waals surface area contributed by atoms with Gasteiger partial charge in [-0.25, -0.2) is 9.97 Å². The average Bonchev–Trinajstić information content (AvgIpc) is 2.44. The van der Waals surface area contributed by atoms with Crippen LogP contribution in [0.15, 0.2) is 30.6 Å². The molecule has 0 atom stereocenters. The molecule has 2 rings (SSSR count). The highest BCUT2D eigenvalue weighted by Crippen LogP contribution is 2.18. The Morgan fingerprint density at radius 1 is 1.16 bits per heavy atom. The summed E-state index contributed by atoms with van der Waals surface area (Å²) in [5.74, 6) is 0.368. The number of aryl methyl sites for hydroxylation is 1. The summed E-state index contributed by atoms with van der Waals surface area (Å²) in [6.07, 6.45) is 2.98. The van der Waals surface area contributed by atoms with E-state index >= 15 is 0 Å². The Bertz CT molecular complexity index is 593. The molecule has 0 radical (unpaired) electrons. The van der Waals surface area contributed by atoms with Crippen molar-refractivity contribution in [2.75, 3.05) is 17.7 Å². The molecule has 98 valence electrons.